The Morgan fingerprint density at radius 2 is 0.844 bits per heavy atom. The summed E-state index contributed by atoms with van der Waals surface area (Å²) in [4.78, 5) is -0.178. The first-order valence-corrected chi connectivity index (χ1v) is 18.7. The predicted octanol–water partition coefficient (Wildman–Crippen LogP) is 7.61. The molecule has 0 atom stereocenters. The predicted molar refractivity (Wildman–Crippen MR) is 187 cm³/mol. The number of aryl methyl sites for hydroxylation is 1. The lowest BCUT2D eigenvalue weighted by atomic mass is 10.2. The quantitative estimate of drug-likeness (QED) is 0.0705. The summed E-state index contributed by atoms with van der Waals surface area (Å²) in [5.74, 6) is 2.83. The van der Waals surface area contributed by atoms with E-state index in [4.69, 9.17) is 14.2 Å². The Labute approximate surface area is 271 Å². The highest BCUT2D eigenvalue weighted by Crippen LogP contribution is 2.34. The molecule has 0 bridgehead atoms. The van der Waals surface area contributed by atoms with Gasteiger partial charge >= 0.3 is 0 Å². The van der Waals surface area contributed by atoms with Crippen molar-refractivity contribution in [3.05, 3.63) is 103 Å². The lowest BCUT2D eigenvalue weighted by Gasteiger charge is -2.13. The van der Waals surface area contributed by atoms with Crippen LogP contribution in [0, 0.1) is 6.92 Å². The third-order valence-corrected chi connectivity index (χ3v) is 10.6. The summed E-state index contributed by atoms with van der Waals surface area (Å²) in [6.07, 6.45) is 6.66. The lowest BCUT2D eigenvalue weighted by Crippen LogP contribution is -2.20. The molecule has 242 valence electrons. The van der Waals surface area contributed by atoms with Crippen molar-refractivity contribution in [2.45, 2.75) is 71.1 Å². The molecule has 8 heteroatoms. The highest BCUT2D eigenvalue weighted by atomic mass is 32.2. The van der Waals surface area contributed by atoms with E-state index in [-0.39, 0.29) is 4.90 Å². The Balaban J connectivity index is 0.000000423. The first kappa shape index (κ1) is 36.1. The van der Waals surface area contributed by atoms with Gasteiger partial charge in [-0.3, -0.25) is 0 Å². The molecule has 0 spiro atoms. The molecule has 0 N–H and O–H groups in total. The maximum Gasteiger partial charge on any atom is 0.124 e. The molecule has 0 aliphatic carbocycles. The normalized spacial score (nSPS) is 11.1. The van der Waals surface area contributed by atoms with Gasteiger partial charge in [0.1, 0.15) is 43.3 Å². The van der Waals surface area contributed by atoms with Gasteiger partial charge in [0.15, 0.2) is 0 Å². The molecule has 0 aliphatic rings. The number of hydrogen-bond acceptors (Lipinski definition) is 6. The van der Waals surface area contributed by atoms with E-state index in [1.807, 2.05) is 6.92 Å². The van der Waals surface area contributed by atoms with Gasteiger partial charge in [-0.2, -0.15) is 0 Å². The van der Waals surface area contributed by atoms with Crippen molar-refractivity contribution in [2.75, 3.05) is 19.8 Å². The van der Waals surface area contributed by atoms with Crippen molar-refractivity contribution in [3.8, 4) is 17.2 Å². The van der Waals surface area contributed by atoms with Gasteiger partial charge in [0, 0.05) is 0 Å². The Morgan fingerprint density at radius 1 is 0.533 bits per heavy atom. The monoisotopic (exact) mass is 650 g/mol. The maximum atomic E-state index is 10.4. The molecule has 0 unspecified atom stereocenters. The number of rotatable bonds is 16. The third-order valence-electron chi connectivity index (χ3n) is 7.04. The molecule has 4 rings (SSSR count). The summed E-state index contributed by atoms with van der Waals surface area (Å²) < 4.78 is 48.9. The van der Waals surface area contributed by atoms with Gasteiger partial charge in [0.2, 0.25) is 0 Å². The van der Waals surface area contributed by atoms with Crippen LogP contribution in [0.25, 0.3) is 0 Å². The van der Waals surface area contributed by atoms with Crippen LogP contribution in [-0.4, -0.2) is 32.8 Å². The van der Waals surface area contributed by atoms with E-state index in [1.165, 1.54) is 28.0 Å². The van der Waals surface area contributed by atoms with Crippen molar-refractivity contribution in [1.82, 2.24) is 0 Å². The van der Waals surface area contributed by atoms with E-state index < -0.39 is 18.0 Å². The van der Waals surface area contributed by atoms with Crippen LogP contribution in [0.4, 0.5) is 0 Å². The molecular weight excluding hydrogens is 603 g/mol. The second kappa shape index (κ2) is 19.2. The summed E-state index contributed by atoms with van der Waals surface area (Å²) in [5.41, 5.74) is 0.928. The first-order valence-electron chi connectivity index (χ1n) is 15.8. The molecule has 0 amide bonds. The Hall–Kier alpha value is -3.38. The first-order chi connectivity index (χ1) is 21.7. The molecule has 0 saturated heterocycles. The average Bonchev–Trinajstić information content (AvgIpc) is 3.04. The van der Waals surface area contributed by atoms with E-state index in [1.54, 1.807) is 12.1 Å². The molecule has 6 nitrogen and oxygen atoms in total. The number of benzene rings is 4. The molecule has 0 aromatic heterocycles. The molecule has 0 saturated carbocycles. The topological polar surface area (TPSA) is 84.9 Å². The molecule has 0 radical (unpaired) electrons. The molecule has 0 heterocycles. The molecular formula is C37H47O6PS. The molecule has 45 heavy (non-hydrogen) atoms. The number of unbranched alkanes of at least 4 members (excludes halogenated alkanes) is 3. The summed E-state index contributed by atoms with van der Waals surface area (Å²) in [5, 5.41) is 4.02. The van der Waals surface area contributed by atoms with Gasteiger partial charge < -0.3 is 18.8 Å². The van der Waals surface area contributed by atoms with Gasteiger partial charge in [0.05, 0.1) is 32.6 Å². The second-order valence-electron chi connectivity index (χ2n) is 10.8. The fraction of sp³-hybridized carbons (Fsp3) is 0.351. The van der Waals surface area contributed by atoms with E-state index in [0.717, 1.165) is 81.2 Å². The minimum Gasteiger partial charge on any atom is -0.744 e. The van der Waals surface area contributed by atoms with Crippen LogP contribution < -0.4 is 30.1 Å². The summed E-state index contributed by atoms with van der Waals surface area (Å²) in [6, 6.07) is 31.8. The lowest BCUT2D eigenvalue weighted by molar-refractivity contribution is 0.309. The van der Waals surface area contributed by atoms with Gasteiger partial charge in [-0.25, -0.2) is 8.42 Å². The van der Waals surface area contributed by atoms with Crippen molar-refractivity contribution < 1.29 is 27.2 Å². The number of ether oxygens (including phenoxy) is 3. The van der Waals surface area contributed by atoms with E-state index in [0.29, 0.717) is 0 Å². The fourth-order valence-corrected chi connectivity index (χ4v) is 7.33. The average molecular weight is 651 g/mol. The van der Waals surface area contributed by atoms with Gasteiger partial charge in [0.25, 0.3) is 0 Å². The van der Waals surface area contributed by atoms with Gasteiger partial charge in [-0.05, 0) is 111 Å². The van der Waals surface area contributed by atoms with Crippen LogP contribution in [0.2, 0.25) is 0 Å². The van der Waals surface area contributed by atoms with Crippen LogP contribution >= 0.6 is 7.92 Å². The Bertz CT molecular complexity index is 1360. The summed E-state index contributed by atoms with van der Waals surface area (Å²) >= 11 is 0. The minimum absolute atomic E-state index is 0.178. The van der Waals surface area contributed by atoms with Crippen LogP contribution in [0.1, 0.15) is 64.9 Å². The minimum atomic E-state index is -4.27. The van der Waals surface area contributed by atoms with Crippen LogP contribution in [0.3, 0.4) is 0 Å². The van der Waals surface area contributed by atoms with Crippen LogP contribution in [0.15, 0.2) is 102 Å². The van der Waals surface area contributed by atoms with Crippen molar-refractivity contribution in [3.63, 3.8) is 0 Å². The zero-order chi connectivity index (χ0) is 32.5. The highest BCUT2D eigenvalue weighted by Gasteiger charge is 2.26. The SMILES string of the molecule is CCCCOc1ccc([PH+](c2ccc(OCCCC)cc2)c2ccc(OCCCC)cc2)cc1.Cc1ccc(S(=O)(=O)[O-])cc1. The van der Waals surface area contributed by atoms with Crippen molar-refractivity contribution in [1.29, 1.82) is 0 Å². The fourth-order valence-electron chi connectivity index (χ4n) is 4.36. The molecule has 0 aliphatic heterocycles. The molecule has 0 fully saturated rings. The Morgan fingerprint density at radius 3 is 1.11 bits per heavy atom. The van der Waals surface area contributed by atoms with E-state index in [9.17, 15) is 13.0 Å². The molecule has 4 aromatic rings. The summed E-state index contributed by atoms with van der Waals surface area (Å²) in [6.45, 7) is 10.7. The summed E-state index contributed by atoms with van der Waals surface area (Å²) in [7, 11) is -5.44. The van der Waals surface area contributed by atoms with E-state index in [2.05, 4.69) is 93.6 Å². The van der Waals surface area contributed by atoms with E-state index >= 15 is 0 Å². The van der Waals surface area contributed by atoms with Crippen LogP contribution in [0.5, 0.6) is 17.2 Å². The maximum absolute atomic E-state index is 10.4. The second-order valence-corrected chi connectivity index (χ2v) is 14.7. The van der Waals surface area contributed by atoms with Gasteiger partial charge in [-0.1, -0.05) is 57.7 Å². The zero-order valence-corrected chi connectivity index (χ0v) is 28.8. The van der Waals surface area contributed by atoms with Crippen molar-refractivity contribution >= 4 is 34.0 Å². The third kappa shape index (κ3) is 12.5. The zero-order valence-electron chi connectivity index (χ0n) is 27.0. The Kier molecular flexibility index (Phi) is 15.4. The van der Waals surface area contributed by atoms with Crippen LogP contribution in [-0.2, 0) is 10.1 Å². The standard InChI is InChI=1S/C30H39O3P.C7H8O3S/c1-4-7-22-31-25-10-16-28(17-11-25)34(29-18-12-26(13-19-29)32-23-8-5-2)30-20-14-27(15-21-30)33-24-9-6-3;1-6-2-4-7(5-3-6)11(8,9)10/h10-21H,4-9,22-24H2,1-3H3;2-5H,1H3,(H,8,9,10). The smallest absolute Gasteiger partial charge is 0.124 e. The highest BCUT2D eigenvalue weighted by molar-refractivity contribution is 7.85. The van der Waals surface area contributed by atoms with Gasteiger partial charge in [-0.15, -0.1) is 0 Å². The largest absolute Gasteiger partial charge is 0.744 e. The van der Waals surface area contributed by atoms with Crippen molar-refractivity contribution in [2.24, 2.45) is 0 Å². The number of hydrogen-bond donors (Lipinski definition) is 0. The molecule has 4 aromatic carbocycles.